The number of hydrogen-bond donors (Lipinski definition) is 2. The van der Waals surface area contributed by atoms with Crippen molar-refractivity contribution in [2.75, 3.05) is 27.3 Å². The Morgan fingerprint density at radius 2 is 1.78 bits per heavy atom. The second-order valence-corrected chi connectivity index (χ2v) is 6.11. The quantitative estimate of drug-likeness (QED) is 0.322. The smallest absolute Gasteiger partial charge is 0.188 e. The van der Waals surface area contributed by atoms with E-state index in [0.717, 1.165) is 29.9 Å². The minimum Gasteiger partial charge on any atom is -0.493 e. The summed E-state index contributed by atoms with van der Waals surface area (Å²) in [4.78, 5) is 4.50. The molecule has 0 aliphatic carbocycles. The van der Waals surface area contributed by atoms with Crippen molar-refractivity contribution in [1.82, 2.24) is 5.32 Å². The minimum atomic E-state index is 0. The van der Waals surface area contributed by atoms with Crippen molar-refractivity contribution in [2.24, 2.45) is 10.7 Å². The number of aliphatic imine (C=N–C) groups is 1. The van der Waals surface area contributed by atoms with Gasteiger partial charge in [-0.15, -0.1) is 24.0 Å². The maximum atomic E-state index is 6.01. The van der Waals surface area contributed by atoms with E-state index < -0.39 is 0 Å². The molecule has 2 aromatic carbocycles. The molecule has 0 spiro atoms. The Labute approximate surface area is 179 Å². The van der Waals surface area contributed by atoms with Crippen LogP contribution in [0.25, 0.3) is 0 Å². The first kappa shape index (κ1) is 23.1. The van der Waals surface area contributed by atoms with Gasteiger partial charge in [-0.3, -0.25) is 4.99 Å². The average Bonchev–Trinajstić information content (AvgIpc) is 2.69. The third kappa shape index (κ3) is 7.28. The molecular formula is C21H30IN3O2. The molecule has 5 nitrogen and oxygen atoms in total. The molecule has 0 amide bonds. The number of hydrogen-bond acceptors (Lipinski definition) is 3. The van der Waals surface area contributed by atoms with E-state index >= 15 is 0 Å². The highest BCUT2D eigenvalue weighted by Crippen LogP contribution is 2.27. The summed E-state index contributed by atoms with van der Waals surface area (Å²) >= 11 is 0. The molecule has 0 saturated carbocycles. The largest absolute Gasteiger partial charge is 0.493 e. The second kappa shape index (κ2) is 12.4. The number of guanidine groups is 1. The predicted molar refractivity (Wildman–Crippen MR) is 123 cm³/mol. The van der Waals surface area contributed by atoms with E-state index in [2.05, 4.69) is 41.5 Å². The summed E-state index contributed by atoms with van der Waals surface area (Å²) in [5.41, 5.74) is 8.47. The number of halogens is 1. The summed E-state index contributed by atoms with van der Waals surface area (Å²) in [5, 5.41) is 3.18. The van der Waals surface area contributed by atoms with Gasteiger partial charge in [-0.2, -0.15) is 0 Å². The van der Waals surface area contributed by atoms with Gasteiger partial charge >= 0.3 is 0 Å². The molecule has 6 heteroatoms. The van der Waals surface area contributed by atoms with Gasteiger partial charge in [-0.1, -0.05) is 43.3 Å². The van der Waals surface area contributed by atoms with Crippen molar-refractivity contribution in [1.29, 1.82) is 0 Å². The van der Waals surface area contributed by atoms with E-state index in [1.54, 1.807) is 14.2 Å². The molecule has 0 bridgehead atoms. The van der Waals surface area contributed by atoms with Gasteiger partial charge in [0.2, 0.25) is 0 Å². The summed E-state index contributed by atoms with van der Waals surface area (Å²) in [6.45, 7) is 3.58. The molecule has 0 radical (unpaired) electrons. The van der Waals surface area contributed by atoms with E-state index in [1.807, 2.05) is 24.3 Å². The fourth-order valence-corrected chi connectivity index (χ4v) is 2.83. The fourth-order valence-electron chi connectivity index (χ4n) is 2.83. The van der Waals surface area contributed by atoms with Gasteiger partial charge in [0.25, 0.3) is 0 Å². The molecule has 2 aromatic rings. The summed E-state index contributed by atoms with van der Waals surface area (Å²) in [7, 11) is 3.27. The number of nitrogens with two attached hydrogens (primary N) is 1. The van der Waals surface area contributed by atoms with Gasteiger partial charge in [0.1, 0.15) is 0 Å². The first-order chi connectivity index (χ1) is 12.7. The molecule has 0 saturated heterocycles. The van der Waals surface area contributed by atoms with E-state index in [-0.39, 0.29) is 24.0 Å². The number of nitrogens with one attached hydrogen (secondary N) is 1. The topological polar surface area (TPSA) is 68.9 Å². The zero-order chi connectivity index (χ0) is 18.8. The third-order valence-electron chi connectivity index (χ3n) is 4.41. The first-order valence-corrected chi connectivity index (χ1v) is 8.97. The van der Waals surface area contributed by atoms with Gasteiger partial charge in [0, 0.05) is 19.0 Å². The lowest BCUT2D eigenvalue weighted by Crippen LogP contribution is -2.33. The number of methoxy groups -OCH3 is 2. The van der Waals surface area contributed by atoms with Crippen molar-refractivity contribution in [3.8, 4) is 11.5 Å². The lowest BCUT2D eigenvalue weighted by Gasteiger charge is -2.13. The molecule has 148 valence electrons. The Hall–Kier alpha value is -1.96. The standard InChI is InChI=1S/C21H29N3O2.HI/c1-4-17(18-8-6-5-7-9-18)15-24-21(22)23-13-12-16-10-11-19(25-2)20(14-16)26-3;/h5-11,14,17H,4,12-13,15H2,1-3H3,(H3,22,23,24);1H. The van der Waals surface area contributed by atoms with Crippen LogP contribution in [-0.4, -0.2) is 33.3 Å². The van der Waals surface area contributed by atoms with Crippen molar-refractivity contribution in [2.45, 2.75) is 25.7 Å². The van der Waals surface area contributed by atoms with Gasteiger partial charge in [-0.05, 0) is 36.1 Å². The number of rotatable bonds is 9. The van der Waals surface area contributed by atoms with E-state index in [4.69, 9.17) is 15.2 Å². The summed E-state index contributed by atoms with van der Waals surface area (Å²) in [6, 6.07) is 16.4. The van der Waals surface area contributed by atoms with Crippen LogP contribution in [0.2, 0.25) is 0 Å². The lowest BCUT2D eigenvalue weighted by molar-refractivity contribution is 0.354. The molecule has 0 aromatic heterocycles. The Morgan fingerprint density at radius 1 is 1.07 bits per heavy atom. The maximum absolute atomic E-state index is 6.01. The lowest BCUT2D eigenvalue weighted by atomic mass is 9.97. The summed E-state index contributed by atoms with van der Waals surface area (Å²) < 4.78 is 10.6. The second-order valence-electron chi connectivity index (χ2n) is 6.11. The normalized spacial score (nSPS) is 12.0. The van der Waals surface area contributed by atoms with Crippen LogP contribution in [0.1, 0.15) is 30.4 Å². The number of nitrogens with zero attached hydrogens (tertiary/aromatic N) is 1. The Bertz CT molecular complexity index is 708. The molecule has 0 heterocycles. The Balaban J connectivity index is 0.00000364. The molecule has 1 atom stereocenters. The molecule has 2 rings (SSSR count). The van der Waals surface area contributed by atoms with Crippen molar-refractivity contribution >= 4 is 29.9 Å². The predicted octanol–water partition coefficient (Wildman–Crippen LogP) is 3.96. The average molecular weight is 483 g/mol. The van der Waals surface area contributed by atoms with Crippen molar-refractivity contribution < 1.29 is 9.47 Å². The van der Waals surface area contributed by atoms with Crippen LogP contribution in [0.15, 0.2) is 53.5 Å². The van der Waals surface area contributed by atoms with Crippen LogP contribution < -0.4 is 20.5 Å². The minimum absolute atomic E-state index is 0. The highest BCUT2D eigenvalue weighted by atomic mass is 127. The Morgan fingerprint density at radius 3 is 2.41 bits per heavy atom. The zero-order valence-corrected chi connectivity index (χ0v) is 18.6. The van der Waals surface area contributed by atoms with Crippen LogP contribution in [0.4, 0.5) is 0 Å². The van der Waals surface area contributed by atoms with Crippen LogP contribution in [0, 0.1) is 0 Å². The van der Waals surface area contributed by atoms with Crippen LogP contribution >= 0.6 is 24.0 Å². The molecule has 1 unspecified atom stereocenters. The van der Waals surface area contributed by atoms with Gasteiger partial charge in [-0.25, -0.2) is 0 Å². The highest BCUT2D eigenvalue weighted by molar-refractivity contribution is 14.0. The van der Waals surface area contributed by atoms with Crippen LogP contribution in [0.5, 0.6) is 11.5 Å². The summed E-state index contributed by atoms with van der Waals surface area (Å²) in [6.07, 6.45) is 1.86. The molecule has 27 heavy (non-hydrogen) atoms. The van der Waals surface area contributed by atoms with Gasteiger partial charge < -0.3 is 20.5 Å². The molecule has 0 aliphatic rings. The number of benzene rings is 2. The molecule has 0 aliphatic heterocycles. The number of ether oxygens (including phenoxy) is 2. The third-order valence-corrected chi connectivity index (χ3v) is 4.41. The molecular weight excluding hydrogens is 453 g/mol. The van der Waals surface area contributed by atoms with E-state index in [0.29, 0.717) is 25.0 Å². The molecule has 3 N–H and O–H groups in total. The molecule has 0 fully saturated rings. The zero-order valence-electron chi connectivity index (χ0n) is 16.3. The highest BCUT2D eigenvalue weighted by Gasteiger charge is 2.08. The fraction of sp³-hybridized carbons (Fsp3) is 0.381. The van der Waals surface area contributed by atoms with Crippen LogP contribution in [-0.2, 0) is 6.42 Å². The van der Waals surface area contributed by atoms with Gasteiger partial charge in [0.15, 0.2) is 17.5 Å². The van der Waals surface area contributed by atoms with Gasteiger partial charge in [0.05, 0.1) is 14.2 Å². The van der Waals surface area contributed by atoms with Crippen LogP contribution in [0.3, 0.4) is 0 Å². The van der Waals surface area contributed by atoms with E-state index in [9.17, 15) is 0 Å². The van der Waals surface area contributed by atoms with Crippen molar-refractivity contribution in [3.63, 3.8) is 0 Å². The summed E-state index contributed by atoms with van der Waals surface area (Å²) in [5.74, 6) is 2.35. The van der Waals surface area contributed by atoms with Crippen molar-refractivity contribution in [3.05, 3.63) is 59.7 Å². The Kier molecular flexibility index (Phi) is 10.6. The first-order valence-electron chi connectivity index (χ1n) is 8.97. The van der Waals surface area contributed by atoms with E-state index in [1.165, 1.54) is 5.56 Å². The maximum Gasteiger partial charge on any atom is 0.188 e. The SMILES string of the molecule is CCC(CN=C(N)NCCc1ccc(OC)c(OC)c1)c1ccccc1.I. The monoisotopic (exact) mass is 483 g/mol.